The predicted octanol–water partition coefficient (Wildman–Crippen LogP) is 3.62. The third kappa shape index (κ3) is 4.39. The fourth-order valence-electron chi connectivity index (χ4n) is 3.36. The van der Waals surface area contributed by atoms with E-state index in [1.165, 1.54) is 22.5 Å². The summed E-state index contributed by atoms with van der Waals surface area (Å²) in [5, 5.41) is 7.07. The van der Waals surface area contributed by atoms with Crippen molar-refractivity contribution in [3.05, 3.63) is 41.0 Å². The topological polar surface area (TPSA) is 84.3 Å². The highest BCUT2D eigenvalue weighted by Crippen LogP contribution is 2.29. The van der Waals surface area contributed by atoms with Crippen LogP contribution in [0.5, 0.6) is 0 Å². The number of aryl methyl sites for hydroxylation is 1. The second-order valence-electron chi connectivity index (χ2n) is 7.15. The second kappa shape index (κ2) is 8.63. The van der Waals surface area contributed by atoms with E-state index in [0.29, 0.717) is 31.4 Å². The van der Waals surface area contributed by atoms with Crippen LogP contribution in [0.3, 0.4) is 0 Å². The number of piperidine rings is 1. The summed E-state index contributed by atoms with van der Waals surface area (Å²) in [5.74, 6) is 0.460. The van der Waals surface area contributed by atoms with Crippen LogP contribution >= 0.6 is 11.6 Å². The summed E-state index contributed by atoms with van der Waals surface area (Å²) in [6, 6.07) is 6.04. The van der Waals surface area contributed by atoms with Gasteiger partial charge >= 0.3 is 0 Å². The molecule has 0 radical (unpaired) electrons. The van der Waals surface area contributed by atoms with Gasteiger partial charge in [0, 0.05) is 31.3 Å². The van der Waals surface area contributed by atoms with E-state index < -0.39 is 15.9 Å². The lowest BCUT2D eigenvalue weighted by molar-refractivity contribution is 0.102. The molecule has 0 saturated carbocycles. The van der Waals surface area contributed by atoms with Crippen molar-refractivity contribution >= 4 is 33.3 Å². The van der Waals surface area contributed by atoms with Gasteiger partial charge < -0.3 is 5.32 Å². The van der Waals surface area contributed by atoms with Gasteiger partial charge in [0.15, 0.2) is 0 Å². The molecule has 0 aliphatic carbocycles. The molecule has 2 aromatic rings. The molecule has 0 bridgehead atoms. The number of anilines is 1. The van der Waals surface area contributed by atoms with Crippen molar-refractivity contribution in [1.29, 1.82) is 0 Å². The highest BCUT2D eigenvalue weighted by Gasteiger charge is 2.31. The molecule has 2 heterocycles. The van der Waals surface area contributed by atoms with Crippen molar-refractivity contribution in [2.75, 3.05) is 18.4 Å². The number of rotatable bonds is 6. The largest absolute Gasteiger partial charge is 0.307 e. The van der Waals surface area contributed by atoms with Crippen molar-refractivity contribution < 1.29 is 13.2 Å². The van der Waals surface area contributed by atoms with Gasteiger partial charge in [-0.2, -0.15) is 9.40 Å². The Morgan fingerprint density at radius 2 is 2.14 bits per heavy atom. The molecule has 1 fully saturated rings. The van der Waals surface area contributed by atoms with E-state index in [-0.39, 0.29) is 15.5 Å². The number of benzene rings is 1. The van der Waals surface area contributed by atoms with Crippen LogP contribution < -0.4 is 5.32 Å². The maximum atomic E-state index is 13.1. The molecule has 1 atom stereocenters. The first-order valence-corrected chi connectivity index (χ1v) is 11.3. The lowest BCUT2D eigenvalue weighted by Crippen LogP contribution is -2.39. The van der Waals surface area contributed by atoms with Crippen molar-refractivity contribution in [2.45, 2.75) is 44.6 Å². The maximum Gasteiger partial charge on any atom is 0.256 e. The normalized spacial score (nSPS) is 18.2. The van der Waals surface area contributed by atoms with Gasteiger partial charge in [0.2, 0.25) is 10.0 Å². The Morgan fingerprint density at radius 1 is 1.36 bits per heavy atom. The zero-order valence-corrected chi connectivity index (χ0v) is 17.6. The standard InChI is InChI=1S/C19H25ClN4O3S/c1-3-10-24-18(8-9-21-24)22-19(25)15-6-7-16(20)17(12-15)28(26,27)23-11-4-5-14(2)13-23/h6-9,12,14H,3-5,10-11,13H2,1-2H3,(H,22,25). The van der Waals surface area contributed by atoms with Crippen LogP contribution in [-0.4, -0.2) is 41.5 Å². The van der Waals surface area contributed by atoms with E-state index in [1.807, 2.05) is 13.8 Å². The van der Waals surface area contributed by atoms with E-state index in [1.54, 1.807) is 16.9 Å². The Balaban J connectivity index is 1.86. The number of nitrogens with zero attached hydrogens (tertiary/aromatic N) is 3. The quantitative estimate of drug-likeness (QED) is 0.767. The molecule has 1 unspecified atom stereocenters. The molecule has 1 N–H and O–H groups in total. The van der Waals surface area contributed by atoms with E-state index >= 15 is 0 Å². The SMILES string of the molecule is CCCn1nccc1NC(=O)c1ccc(Cl)c(S(=O)(=O)N2CCCC(C)C2)c1. The predicted molar refractivity (Wildman–Crippen MR) is 109 cm³/mol. The third-order valence-electron chi connectivity index (χ3n) is 4.82. The Bertz CT molecular complexity index is 958. The minimum absolute atomic E-state index is 0.0296. The van der Waals surface area contributed by atoms with E-state index in [9.17, 15) is 13.2 Å². The van der Waals surface area contributed by atoms with E-state index in [0.717, 1.165) is 19.3 Å². The van der Waals surface area contributed by atoms with Crippen molar-refractivity contribution in [3.63, 3.8) is 0 Å². The summed E-state index contributed by atoms with van der Waals surface area (Å²) in [6.45, 7) is 5.66. The fraction of sp³-hybridized carbons (Fsp3) is 0.474. The minimum Gasteiger partial charge on any atom is -0.307 e. The molecule has 1 aliphatic heterocycles. The smallest absolute Gasteiger partial charge is 0.256 e. The molecule has 9 heteroatoms. The number of hydrogen-bond acceptors (Lipinski definition) is 4. The molecule has 28 heavy (non-hydrogen) atoms. The first-order valence-electron chi connectivity index (χ1n) is 9.45. The van der Waals surface area contributed by atoms with Gasteiger partial charge in [0.25, 0.3) is 5.91 Å². The van der Waals surface area contributed by atoms with Gasteiger partial charge in [-0.1, -0.05) is 25.4 Å². The molecule has 1 amide bonds. The zero-order chi connectivity index (χ0) is 20.3. The fourth-order valence-corrected chi connectivity index (χ4v) is 5.46. The van der Waals surface area contributed by atoms with Crippen LogP contribution in [0.15, 0.2) is 35.4 Å². The molecule has 1 aliphatic rings. The molecule has 0 spiro atoms. The summed E-state index contributed by atoms with van der Waals surface area (Å²) < 4.78 is 29.3. The van der Waals surface area contributed by atoms with Gasteiger partial charge in [-0.15, -0.1) is 0 Å². The highest BCUT2D eigenvalue weighted by molar-refractivity contribution is 7.89. The molecule has 152 valence electrons. The van der Waals surface area contributed by atoms with Crippen LogP contribution in [0.1, 0.15) is 43.5 Å². The maximum absolute atomic E-state index is 13.1. The Morgan fingerprint density at radius 3 is 2.86 bits per heavy atom. The summed E-state index contributed by atoms with van der Waals surface area (Å²) in [4.78, 5) is 12.7. The Labute approximate surface area is 170 Å². The number of halogens is 1. The summed E-state index contributed by atoms with van der Waals surface area (Å²) >= 11 is 6.20. The van der Waals surface area contributed by atoms with Gasteiger partial charge in [-0.25, -0.2) is 13.1 Å². The summed E-state index contributed by atoms with van der Waals surface area (Å²) in [7, 11) is -3.76. The molecule has 7 nitrogen and oxygen atoms in total. The lowest BCUT2D eigenvalue weighted by atomic mass is 10.0. The average Bonchev–Trinajstić information content (AvgIpc) is 3.09. The van der Waals surface area contributed by atoms with Gasteiger partial charge in [0.1, 0.15) is 10.7 Å². The van der Waals surface area contributed by atoms with Crippen molar-refractivity contribution in [2.24, 2.45) is 5.92 Å². The average molecular weight is 425 g/mol. The number of hydrogen-bond donors (Lipinski definition) is 1. The molecule has 3 rings (SSSR count). The molecule has 1 aromatic heterocycles. The zero-order valence-electron chi connectivity index (χ0n) is 16.1. The number of carbonyl (C=O) groups is 1. The number of aromatic nitrogens is 2. The Kier molecular flexibility index (Phi) is 6.42. The van der Waals surface area contributed by atoms with Crippen LogP contribution in [0.2, 0.25) is 5.02 Å². The first-order chi connectivity index (χ1) is 13.3. The van der Waals surface area contributed by atoms with Crippen molar-refractivity contribution in [1.82, 2.24) is 14.1 Å². The molecular weight excluding hydrogens is 400 g/mol. The molecule has 1 aromatic carbocycles. The lowest BCUT2D eigenvalue weighted by Gasteiger charge is -2.30. The van der Waals surface area contributed by atoms with Crippen LogP contribution in [0, 0.1) is 5.92 Å². The van der Waals surface area contributed by atoms with Gasteiger partial charge in [0.05, 0.1) is 11.2 Å². The molecule has 1 saturated heterocycles. The number of nitrogens with one attached hydrogen (secondary N) is 1. The van der Waals surface area contributed by atoms with Crippen molar-refractivity contribution in [3.8, 4) is 0 Å². The number of amides is 1. The van der Waals surface area contributed by atoms with Crippen LogP contribution in [0.25, 0.3) is 0 Å². The van der Waals surface area contributed by atoms with Gasteiger partial charge in [-0.3, -0.25) is 4.79 Å². The Hall–Kier alpha value is -1.90. The third-order valence-corrected chi connectivity index (χ3v) is 7.17. The van der Waals surface area contributed by atoms with E-state index in [2.05, 4.69) is 10.4 Å². The van der Waals surface area contributed by atoms with Crippen LogP contribution in [0.4, 0.5) is 5.82 Å². The number of carbonyl (C=O) groups excluding carboxylic acids is 1. The van der Waals surface area contributed by atoms with Crippen LogP contribution in [-0.2, 0) is 16.6 Å². The molecular formula is C19H25ClN4O3S. The first kappa shape index (κ1) is 20.8. The highest BCUT2D eigenvalue weighted by atomic mass is 35.5. The summed E-state index contributed by atoms with van der Waals surface area (Å²) in [5.41, 5.74) is 0.234. The monoisotopic (exact) mass is 424 g/mol. The van der Waals surface area contributed by atoms with Gasteiger partial charge in [-0.05, 0) is 43.4 Å². The number of sulfonamides is 1. The summed E-state index contributed by atoms with van der Waals surface area (Å²) in [6.07, 6.45) is 4.32. The second-order valence-corrected chi connectivity index (χ2v) is 9.46. The minimum atomic E-state index is -3.76. The van der Waals surface area contributed by atoms with E-state index in [4.69, 9.17) is 11.6 Å².